The van der Waals surface area contributed by atoms with E-state index >= 15 is 0 Å². The van der Waals surface area contributed by atoms with Gasteiger partial charge in [0.1, 0.15) is 5.52 Å². The summed E-state index contributed by atoms with van der Waals surface area (Å²) >= 11 is 5.77. The number of benzene rings is 1. The van der Waals surface area contributed by atoms with Gasteiger partial charge < -0.3 is 5.32 Å². The zero-order valence-electron chi connectivity index (χ0n) is 10.1. The quantitative estimate of drug-likeness (QED) is 0.871. The molecule has 0 radical (unpaired) electrons. The number of nitrogens with one attached hydrogen (secondary N) is 1. The molecule has 2 aromatic rings. The minimum Gasteiger partial charge on any atom is -0.385 e. The molecule has 0 spiro atoms. The molecule has 0 bridgehead atoms. The summed E-state index contributed by atoms with van der Waals surface area (Å²) in [7, 11) is 0. The lowest BCUT2D eigenvalue weighted by atomic mass is 10.1. The molecule has 17 heavy (non-hydrogen) atoms. The molecule has 1 aromatic heterocycles. The average molecular weight is 253 g/mol. The van der Waals surface area contributed by atoms with Crippen LogP contribution in [-0.2, 0) is 0 Å². The van der Waals surface area contributed by atoms with Gasteiger partial charge >= 0.3 is 0 Å². The van der Waals surface area contributed by atoms with Gasteiger partial charge in [-0.1, -0.05) is 11.6 Å². The van der Waals surface area contributed by atoms with E-state index in [1.807, 2.05) is 20.8 Å². The summed E-state index contributed by atoms with van der Waals surface area (Å²) in [6, 6.07) is 3.37. The van der Waals surface area contributed by atoms with Crippen LogP contribution >= 0.6 is 11.6 Å². The summed E-state index contributed by atoms with van der Waals surface area (Å²) in [5.74, 6) is -0.452. The third kappa shape index (κ3) is 1.95. The number of rotatable bonds is 2. The molecular weight excluding hydrogens is 239 g/mol. The van der Waals surface area contributed by atoms with Crippen LogP contribution in [-0.4, -0.2) is 11.5 Å². The number of aromatic nitrogens is 1. The molecule has 0 aliphatic rings. The van der Waals surface area contributed by atoms with Crippen LogP contribution in [0.15, 0.2) is 12.1 Å². The molecule has 1 heterocycles. The Morgan fingerprint density at radius 1 is 1.35 bits per heavy atom. The normalized spacial score (nSPS) is 10.9. The molecule has 1 aromatic carbocycles. The van der Waals surface area contributed by atoms with Crippen LogP contribution in [0.5, 0.6) is 0 Å². The number of anilines is 1. The highest BCUT2D eigenvalue weighted by Crippen LogP contribution is 2.31. The Balaban J connectivity index is 2.86. The SMILES string of the molecule is CCNc1c(C)c(C)nc2c(F)c(Cl)ccc12. The Hall–Kier alpha value is -1.35. The average Bonchev–Trinajstić information content (AvgIpc) is 2.31. The van der Waals surface area contributed by atoms with E-state index in [1.165, 1.54) is 0 Å². The van der Waals surface area contributed by atoms with Crippen LogP contribution in [0.1, 0.15) is 18.2 Å². The molecule has 0 saturated heterocycles. The number of fused-ring (bicyclic) bond motifs is 1. The fourth-order valence-electron chi connectivity index (χ4n) is 1.89. The standard InChI is InChI=1S/C13H14ClFN2/c1-4-16-12-7(2)8(3)17-13-9(12)5-6-10(14)11(13)15/h5-6H,4H2,1-3H3,(H,16,17). The molecule has 0 atom stereocenters. The first-order valence-corrected chi connectivity index (χ1v) is 5.92. The van der Waals surface area contributed by atoms with Crippen molar-refractivity contribution in [2.24, 2.45) is 0 Å². The van der Waals surface area contributed by atoms with E-state index in [0.29, 0.717) is 5.52 Å². The molecule has 2 rings (SSSR count). The van der Waals surface area contributed by atoms with Crippen LogP contribution in [0, 0.1) is 19.7 Å². The van der Waals surface area contributed by atoms with Gasteiger partial charge in [0.2, 0.25) is 0 Å². The smallest absolute Gasteiger partial charge is 0.168 e. The molecule has 0 unspecified atom stereocenters. The van der Waals surface area contributed by atoms with Crippen molar-refractivity contribution in [2.45, 2.75) is 20.8 Å². The molecule has 0 aliphatic heterocycles. The van der Waals surface area contributed by atoms with Crippen molar-refractivity contribution in [3.05, 3.63) is 34.2 Å². The summed E-state index contributed by atoms with van der Waals surface area (Å²) in [5.41, 5.74) is 3.12. The Morgan fingerprint density at radius 3 is 2.71 bits per heavy atom. The molecule has 4 heteroatoms. The van der Waals surface area contributed by atoms with Crippen LogP contribution in [0.4, 0.5) is 10.1 Å². The predicted octanol–water partition coefficient (Wildman–Crippen LogP) is 4.08. The Labute approximate surface area is 105 Å². The highest BCUT2D eigenvalue weighted by Gasteiger charge is 2.13. The van der Waals surface area contributed by atoms with Gasteiger partial charge in [-0.2, -0.15) is 0 Å². The molecule has 0 aliphatic carbocycles. The van der Waals surface area contributed by atoms with E-state index in [1.54, 1.807) is 12.1 Å². The first-order valence-electron chi connectivity index (χ1n) is 5.55. The largest absolute Gasteiger partial charge is 0.385 e. The van der Waals surface area contributed by atoms with Gasteiger partial charge in [-0.25, -0.2) is 9.37 Å². The van der Waals surface area contributed by atoms with Crippen LogP contribution in [0.25, 0.3) is 10.9 Å². The molecule has 0 amide bonds. The van der Waals surface area contributed by atoms with Gasteiger partial charge in [0.15, 0.2) is 5.82 Å². The highest BCUT2D eigenvalue weighted by molar-refractivity contribution is 6.31. The fraction of sp³-hybridized carbons (Fsp3) is 0.308. The number of nitrogens with zero attached hydrogens (tertiary/aromatic N) is 1. The lowest BCUT2D eigenvalue weighted by Crippen LogP contribution is -2.03. The Bertz CT molecular complexity index is 581. The highest BCUT2D eigenvalue weighted by atomic mass is 35.5. The minimum absolute atomic E-state index is 0.107. The van der Waals surface area contributed by atoms with E-state index in [9.17, 15) is 4.39 Å². The van der Waals surface area contributed by atoms with Crippen molar-refractivity contribution in [3.63, 3.8) is 0 Å². The molecule has 2 nitrogen and oxygen atoms in total. The van der Waals surface area contributed by atoms with Gasteiger partial charge in [-0.15, -0.1) is 0 Å². The lowest BCUT2D eigenvalue weighted by molar-refractivity contribution is 0.637. The molecule has 90 valence electrons. The van der Waals surface area contributed by atoms with Crippen molar-refractivity contribution in [2.75, 3.05) is 11.9 Å². The maximum atomic E-state index is 13.9. The number of pyridine rings is 1. The number of halogens is 2. The van der Waals surface area contributed by atoms with Crippen molar-refractivity contribution in [3.8, 4) is 0 Å². The van der Waals surface area contributed by atoms with E-state index in [2.05, 4.69) is 10.3 Å². The predicted molar refractivity (Wildman–Crippen MR) is 70.3 cm³/mol. The Morgan fingerprint density at radius 2 is 2.06 bits per heavy atom. The molecular formula is C13H14ClFN2. The molecule has 0 fully saturated rings. The van der Waals surface area contributed by atoms with Gasteiger partial charge in [0.25, 0.3) is 0 Å². The first kappa shape index (κ1) is 12.1. The van der Waals surface area contributed by atoms with E-state index in [4.69, 9.17) is 11.6 Å². The minimum atomic E-state index is -0.452. The second-order valence-corrected chi connectivity index (χ2v) is 4.39. The summed E-state index contributed by atoms with van der Waals surface area (Å²) < 4.78 is 13.9. The van der Waals surface area contributed by atoms with E-state index in [-0.39, 0.29) is 5.02 Å². The van der Waals surface area contributed by atoms with Crippen LogP contribution in [0.3, 0.4) is 0 Å². The third-order valence-electron chi connectivity index (χ3n) is 2.89. The van der Waals surface area contributed by atoms with Crippen molar-refractivity contribution >= 4 is 28.2 Å². The van der Waals surface area contributed by atoms with E-state index < -0.39 is 5.82 Å². The second-order valence-electron chi connectivity index (χ2n) is 3.99. The maximum absolute atomic E-state index is 13.9. The van der Waals surface area contributed by atoms with Gasteiger partial charge in [0.05, 0.1) is 5.02 Å². The first-order chi connectivity index (χ1) is 8.06. The van der Waals surface area contributed by atoms with Gasteiger partial charge in [-0.05, 0) is 38.5 Å². The van der Waals surface area contributed by atoms with Crippen molar-refractivity contribution < 1.29 is 4.39 Å². The van der Waals surface area contributed by atoms with Gasteiger partial charge in [0, 0.05) is 23.3 Å². The number of hydrogen-bond donors (Lipinski definition) is 1. The molecule has 0 saturated carbocycles. The number of aryl methyl sites for hydroxylation is 1. The van der Waals surface area contributed by atoms with Crippen molar-refractivity contribution in [1.29, 1.82) is 0 Å². The van der Waals surface area contributed by atoms with Crippen LogP contribution < -0.4 is 5.32 Å². The topological polar surface area (TPSA) is 24.9 Å². The number of hydrogen-bond acceptors (Lipinski definition) is 2. The third-order valence-corrected chi connectivity index (χ3v) is 3.18. The fourth-order valence-corrected chi connectivity index (χ4v) is 2.04. The molecule has 1 N–H and O–H groups in total. The summed E-state index contributed by atoms with van der Waals surface area (Å²) in [6.07, 6.45) is 0. The lowest BCUT2D eigenvalue weighted by Gasteiger charge is -2.14. The summed E-state index contributed by atoms with van der Waals surface area (Å²) in [5, 5.41) is 4.14. The van der Waals surface area contributed by atoms with E-state index in [0.717, 1.165) is 28.9 Å². The Kier molecular flexibility index (Phi) is 3.20. The summed E-state index contributed by atoms with van der Waals surface area (Å²) in [6.45, 7) is 6.64. The maximum Gasteiger partial charge on any atom is 0.168 e. The van der Waals surface area contributed by atoms with Crippen molar-refractivity contribution in [1.82, 2.24) is 4.98 Å². The zero-order chi connectivity index (χ0) is 12.6. The second kappa shape index (κ2) is 4.49. The van der Waals surface area contributed by atoms with Gasteiger partial charge in [-0.3, -0.25) is 0 Å². The van der Waals surface area contributed by atoms with Crippen LogP contribution in [0.2, 0.25) is 5.02 Å². The summed E-state index contributed by atoms with van der Waals surface area (Å²) in [4.78, 5) is 4.28. The monoisotopic (exact) mass is 252 g/mol. The zero-order valence-corrected chi connectivity index (χ0v) is 10.8.